The molecule has 2 atom stereocenters. The number of esters is 2. The molecule has 9 heteroatoms. The van der Waals surface area contributed by atoms with Crippen molar-refractivity contribution in [2.24, 2.45) is 0 Å². The molecule has 0 aliphatic rings. The van der Waals surface area contributed by atoms with Crippen LogP contribution in [0.25, 0.3) is 0 Å². The smallest absolute Gasteiger partial charge is 0.306 e. The van der Waals surface area contributed by atoms with Crippen molar-refractivity contribution in [1.82, 2.24) is 0 Å². The molecule has 0 aromatic rings. The highest BCUT2D eigenvalue weighted by atomic mass is 16.7. The van der Waals surface area contributed by atoms with Gasteiger partial charge in [-0.05, 0) is 141 Å². The molecule has 0 heterocycles. The molecular formula is C78H121NO8. The van der Waals surface area contributed by atoms with E-state index in [0.29, 0.717) is 23.9 Å². The Morgan fingerprint density at radius 1 is 0.345 bits per heavy atom. The third-order valence-corrected chi connectivity index (χ3v) is 13.3. The molecule has 0 spiro atoms. The van der Waals surface area contributed by atoms with Crippen molar-refractivity contribution in [2.75, 3.05) is 47.5 Å². The zero-order valence-electron chi connectivity index (χ0n) is 55.3. The molecule has 0 aliphatic carbocycles. The number of nitrogens with zero attached hydrogens (tertiary/aromatic N) is 1. The van der Waals surface area contributed by atoms with Gasteiger partial charge in [0.1, 0.15) is 13.2 Å². The lowest BCUT2D eigenvalue weighted by Crippen LogP contribution is -2.44. The van der Waals surface area contributed by atoms with E-state index in [9.17, 15) is 19.5 Å². The van der Waals surface area contributed by atoms with E-state index in [-0.39, 0.29) is 38.6 Å². The number of quaternary nitrogens is 1. The van der Waals surface area contributed by atoms with Crippen LogP contribution in [0, 0.1) is 0 Å². The van der Waals surface area contributed by atoms with E-state index < -0.39 is 24.3 Å². The molecule has 0 rings (SSSR count). The van der Waals surface area contributed by atoms with E-state index in [0.717, 1.165) is 148 Å². The summed E-state index contributed by atoms with van der Waals surface area (Å²) in [5.74, 6) is -2.36. The molecule has 0 saturated carbocycles. The Hall–Kier alpha value is -5.87. The van der Waals surface area contributed by atoms with Crippen molar-refractivity contribution < 1.29 is 42.9 Å². The van der Waals surface area contributed by atoms with Crippen molar-refractivity contribution in [3.63, 3.8) is 0 Å². The lowest BCUT2D eigenvalue weighted by Gasteiger charge is -2.26. The molecule has 0 bridgehead atoms. The van der Waals surface area contributed by atoms with E-state index in [1.807, 2.05) is 21.1 Å². The second-order valence-corrected chi connectivity index (χ2v) is 22.6. The summed E-state index contributed by atoms with van der Waals surface area (Å²) >= 11 is 0. The van der Waals surface area contributed by atoms with Crippen molar-refractivity contribution in [1.29, 1.82) is 0 Å². The first kappa shape index (κ1) is 81.1. The minimum atomic E-state index is -1.65. The maximum absolute atomic E-state index is 12.9. The summed E-state index contributed by atoms with van der Waals surface area (Å²) in [5, 5.41) is 11.8. The Balaban J connectivity index is 4.32. The van der Waals surface area contributed by atoms with Crippen LogP contribution < -0.4 is 5.11 Å². The maximum Gasteiger partial charge on any atom is 0.306 e. The van der Waals surface area contributed by atoms with Gasteiger partial charge in [-0.1, -0.05) is 260 Å². The average Bonchev–Trinajstić information content (AvgIpc) is 3.56. The Morgan fingerprint density at radius 2 is 0.621 bits per heavy atom. The van der Waals surface area contributed by atoms with E-state index in [4.69, 9.17) is 18.9 Å². The fourth-order valence-corrected chi connectivity index (χ4v) is 8.27. The fourth-order valence-electron chi connectivity index (χ4n) is 8.27. The van der Waals surface area contributed by atoms with Gasteiger partial charge in [0, 0.05) is 12.8 Å². The zero-order chi connectivity index (χ0) is 63.3. The van der Waals surface area contributed by atoms with Gasteiger partial charge in [0.05, 0.1) is 40.3 Å². The van der Waals surface area contributed by atoms with Gasteiger partial charge >= 0.3 is 11.9 Å². The molecule has 9 nitrogen and oxygen atoms in total. The number of carbonyl (C=O) groups excluding carboxylic acids is 3. The summed E-state index contributed by atoms with van der Waals surface area (Å²) in [6, 6.07) is 0. The second-order valence-electron chi connectivity index (χ2n) is 22.6. The molecule has 2 unspecified atom stereocenters. The van der Waals surface area contributed by atoms with Gasteiger partial charge in [-0.25, -0.2) is 0 Å². The SMILES string of the molecule is CC/C=C\C/C=C\C/C=C\C/C=C\C/C=C\C/C=C\C/C=C\C/C=C\C/C=C\CCCCCC(=O)OC(COC(=O)CCCCCCCCCCC/C=C\C/C=C\C/C=C\C/C=C\C/C=C\C/C=C\C/C=C\CC)COC(OCC[N+](C)(C)C)C(=O)[O-]. The molecule has 87 heavy (non-hydrogen) atoms. The Bertz CT molecular complexity index is 2130. The second kappa shape index (κ2) is 66.1. The quantitative estimate of drug-likeness (QED) is 0.0195. The van der Waals surface area contributed by atoms with Crippen LogP contribution in [0.1, 0.15) is 219 Å². The molecule has 0 N–H and O–H groups in total. The average molecular weight is 1200 g/mol. The standard InChI is InChI=1S/C78H121NO8/c1-6-8-10-12-14-16-18-20-22-24-26-28-30-32-34-36-38-40-42-44-46-48-50-52-54-56-58-60-62-64-66-68-75(80)85-72-74(73-86-78(77(82)83)84-71-70-79(3,4)5)87-76(81)69-67-65-63-61-59-57-55-53-51-49-47-45-43-41-39-37-35-33-31-29-27-25-23-21-19-17-15-13-11-9-7-2/h8-11,14-17,20-23,26-29,32-35,38-41,44-47,51,53,57,59,74,78H,6-7,12-13,18-19,24-25,30-31,36-37,42-43,48-50,52,54-56,58,60-73H2,1-5H3/b10-8-,11-9-,16-14-,17-15-,22-20-,23-21-,28-26-,29-27-,34-32-,35-33-,40-38-,41-39-,46-44-,47-45-,53-51-,59-57-. The van der Waals surface area contributed by atoms with Crippen LogP contribution in [0.2, 0.25) is 0 Å². The van der Waals surface area contributed by atoms with Crippen molar-refractivity contribution in [2.45, 2.75) is 232 Å². The van der Waals surface area contributed by atoms with Gasteiger partial charge in [-0.3, -0.25) is 9.59 Å². The third kappa shape index (κ3) is 67.5. The van der Waals surface area contributed by atoms with Crippen molar-refractivity contribution >= 4 is 17.9 Å². The topological polar surface area (TPSA) is 111 Å². The number of carbonyl (C=O) groups is 3. The summed E-state index contributed by atoms with van der Waals surface area (Å²) in [7, 11) is 5.90. The van der Waals surface area contributed by atoms with E-state index >= 15 is 0 Å². The van der Waals surface area contributed by atoms with Crippen LogP contribution in [0.4, 0.5) is 0 Å². The van der Waals surface area contributed by atoms with Crippen LogP contribution in [-0.4, -0.2) is 82.3 Å². The van der Waals surface area contributed by atoms with Crippen molar-refractivity contribution in [3.8, 4) is 0 Å². The third-order valence-electron chi connectivity index (χ3n) is 13.3. The Labute approximate surface area is 532 Å². The highest BCUT2D eigenvalue weighted by Gasteiger charge is 2.22. The van der Waals surface area contributed by atoms with Crippen LogP contribution in [-0.2, 0) is 33.3 Å². The van der Waals surface area contributed by atoms with Gasteiger partial charge in [-0.2, -0.15) is 0 Å². The molecule has 0 aliphatic heterocycles. The monoisotopic (exact) mass is 1200 g/mol. The fraction of sp³-hybridized carbons (Fsp3) is 0.551. The molecule has 0 amide bonds. The number of carboxylic acids is 1. The molecule has 0 fully saturated rings. The lowest BCUT2D eigenvalue weighted by molar-refractivity contribution is -0.870. The summed E-state index contributed by atoms with van der Waals surface area (Å²) in [6.07, 6.45) is 99.2. The van der Waals surface area contributed by atoms with E-state index in [1.165, 1.54) is 32.1 Å². The zero-order valence-corrected chi connectivity index (χ0v) is 55.3. The number of allylic oxidation sites excluding steroid dienone is 32. The molecule has 0 radical (unpaired) electrons. The lowest BCUT2D eigenvalue weighted by atomic mass is 10.1. The highest BCUT2D eigenvalue weighted by Crippen LogP contribution is 2.14. The largest absolute Gasteiger partial charge is 0.545 e. The Morgan fingerprint density at radius 3 is 0.931 bits per heavy atom. The number of hydrogen-bond donors (Lipinski definition) is 0. The number of ether oxygens (including phenoxy) is 4. The number of rotatable bonds is 59. The predicted molar refractivity (Wildman–Crippen MR) is 370 cm³/mol. The summed E-state index contributed by atoms with van der Waals surface area (Å²) in [6.45, 7) is 4.44. The Kier molecular flexibility index (Phi) is 61.6. The number of carboxylic acid groups (broad SMARTS) is 1. The molecule has 0 aromatic heterocycles. The van der Waals surface area contributed by atoms with Gasteiger partial charge in [0.25, 0.3) is 0 Å². The minimum absolute atomic E-state index is 0.128. The van der Waals surface area contributed by atoms with Crippen LogP contribution >= 0.6 is 0 Å². The number of unbranched alkanes of at least 4 members (excludes halogenated alkanes) is 12. The van der Waals surface area contributed by atoms with Gasteiger partial charge < -0.3 is 33.3 Å². The first-order chi connectivity index (χ1) is 42.6. The highest BCUT2D eigenvalue weighted by molar-refractivity contribution is 5.70. The molecular weight excluding hydrogens is 1080 g/mol. The van der Waals surface area contributed by atoms with E-state index in [1.54, 1.807) is 0 Å². The number of hydrogen-bond acceptors (Lipinski definition) is 8. The maximum atomic E-state index is 12.9. The van der Waals surface area contributed by atoms with Gasteiger partial charge in [-0.15, -0.1) is 0 Å². The first-order valence-electron chi connectivity index (χ1n) is 33.6. The minimum Gasteiger partial charge on any atom is -0.545 e. The van der Waals surface area contributed by atoms with Gasteiger partial charge in [0.2, 0.25) is 0 Å². The summed E-state index contributed by atoms with van der Waals surface area (Å²) in [5.41, 5.74) is 0. The van der Waals surface area contributed by atoms with Crippen LogP contribution in [0.5, 0.6) is 0 Å². The molecule has 0 aromatic carbocycles. The van der Waals surface area contributed by atoms with Crippen LogP contribution in [0.3, 0.4) is 0 Å². The number of likely N-dealkylation sites (N-methyl/N-ethyl adjacent to an activating group) is 1. The van der Waals surface area contributed by atoms with Crippen molar-refractivity contribution in [3.05, 3.63) is 194 Å². The van der Waals surface area contributed by atoms with Gasteiger partial charge in [0.15, 0.2) is 12.4 Å². The normalized spacial score (nSPS) is 14.0. The molecule has 0 saturated heterocycles. The summed E-state index contributed by atoms with van der Waals surface area (Å²) < 4.78 is 22.7. The molecule has 486 valence electrons. The van der Waals surface area contributed by atoms with E-state index in [2.05, 4.69) is 208 Å². The summed E-state index contributed by atoms with van der Waals surface area (Å²) in [4.78, 5) is 37.5. The number of aliphatic carboxylic acids is 1. The van der Waals surface area contributed by atoms with Crippen LogP contribution in [0.15, 0.2) is 194 Å². The first-order valence-corrected chi connectivity index (χ1v) is 33.6. The predicted octanol–water partition coefficient (Wildman–Crippen LogP) is 19.7.